The maximum Gasteiger partial charge on any atom is 0.220 e. The van der Waals surface area contributed by atoms with Crippen LogP contribution in [-0.4, -0.2) is 193 Å². The van der Waals surface area contributed by atoms with Crippen LogP contribution in [0.2, 0.25) is 0 Å². The molecule has 19 nitrogen and oxygen atoms in total. The van der Waals surface area contributed by atoms with Crippen LogP contribution in [0.1, 0.15) is 296 Å². The summed E-state index contributed by atoms with van der Waals surface area (Å²) >= 11 is 0. The van der Waals surface area contributed by atoms with Gasteiger partial charge >= 0.3 is 0 Å². The van der Waals surface area contributed by atoms with Crippen LogP contribution in [0, 0.1) is 0 Å². The van der Waals surface area contributed by atoms with Crippen LogP contribution in [0.5, 0.6) is 0 Å². The van der Waals surface area contributed by atoms with Gasteiger partial charge in [-0.05, 0) is 51.4 Å². The second-order valence-corrected chi connectivity index (χ2v) is 27.1. The van der Waals surface area contributed by atoms with Gasteiger partial charge in [-0.25, -0.2) is 0 Å². The van der Waals surface area contributed by atoms with Crippen LogP contribution < -0.4 is 5.32 Å². The van der Waals surface area contributed by atoms with Crippen LogP contribution in [-0.2, 0) is 33.2 Å². The largest absolute Gasteiger partial charge is 0.394 e. The van der Waals surface area contributed by atoms with E-state index < -0.39 is 124 Å². The van der Waals surface area contributed by atoms with Crippen LogP contribution in [0.15, 0.2) is 36.5 Å². The molecule has 3 rings (SSSR count). The molecule has 0 bridgehead atoms. The van der Waals surface area contributed by atoms with Crippen LogP contribution in [0.25, 0.3) is 0 Å². The quantitative estimate of drug-likeness (QED) is 0.0199. The van der Waals surface area contributed by atoms with Gasteiger partial charge in [0.2, 0.25) is 5.91 Å². The van der Waals surface area contributed by atoms with Gasteiger partial charge in [-0.1, -0.05) is 275 Å². The van der Waals surface area contributed by atoms with Gasteiger partial charge in [0.15, 0.2) is 18.9 Å². The van der Waals surface area contributed by atoms with Gasteiger partial charge in [0.1, 0.15) is 73.2 Å². The highest BCUT2D eigenvalue weighted by atomic mass is 16.8. The van der Waals surface area contributed by atoms with E-state index >= 15 is 0 Å². The van der Waals surface area contributed by atoms with Crippen molar-refractivity contribution in [3.05, 3.63) is 36.5 Å². The predicted octanol–water partition coefficient (Wildman–Crippen LogP) is 11.2. The summed E-state index contributed by atoms with van der Waals surface area (Å²) in [6.45, 7) is 1.60. The maximum absolute atomic E-state index is 13.3. The molecule has 0 spiro atoms. The van der Waals surface area contributed by atoms with E-state index in [1.165, 1.54) is 225 Å². The third kappa shape index (κ3) is 37.1. The average molecular weight is 1330 g/mol. The standard InChI is InChI=1S/C74H137NO18/c1-3-5-7-9-11-12-13-14-15-16-17-18-19-20-21-22-23-24-25-26-27-28-29-30-31-32-33-34-35-36-37-38-39-40-41-42-43-44-46-48-50-52-62(80)75-57(58(79)51-49-47-45-10-8-6-4-2)56-88-72-68(86)65(83)70(60(54-77)90-72)93-74-69(87)66(84)71(61(55-78)91-74)92-73-67(85)64(82)63(81)59(53-76)89-73/h8,10,16-17,49,51,57-61,63-74,76-79,81-87H,3-7,9,11-15,18-48,50,52-56H2,1-2H3,(H,75,80)/b10-8+,17-16-,51-49+. The molecule has 93 heavy (non-hydrogen) atoms. The summed E-state index contributed by atoms with van der Waals surface area (Å²) in [4.78, 5) is 13.3. The topological polar surface area (TPSA) is 307 Å². The smallest absolute Gasteiger partial charge is 0.220 e. The van der Waals surface area contributed by atoms with Crippen molar-refractivity contribution in [2.45, 2.75) is 401 Å². The molecule has 17 unspecified atom stereocenters. The first kappa shape index (κ1) is 85.2. The molecule has 1 amide bonds. The van der Waals surface area contributed by atoms with E-state index in [2.05, 4.69) is 43.5 Å². The second kappa shape index (κ2) is 55.8. The monoisotopic (exact) mass is 1330 g/mol. The second-order valence-electron chi connectivity index (χ2n) is 27.1. The van der Waals surface area contributed by atoms with E-state index in [1.54, 1.807) is 6.08 Å². The third-order valence-electron chi connectivity index (χ3n) is 18.9. The molecule has 0 aromatic heterocycles. The number of carbonyl (C=O) groups is 1. The number of amides is 1. The zero-order valence-electron chi connectivity index (χ0n) is 58.0. The SMILES string of the molecule is CCC/C=C/CC/C=C/C(O)C(COC1OC(CO)C(OC2OC(CO)C(OC3OC(CO)C(O)C(O)C3O)C(O)C2O)C(O)C1O)NC(=O)CCCCCCCCCCCCCCCCCCCCCCCCCCCCCCC/C=C\CCCCCCCCCC. The van der Waals surface area contributed by atoms with E-state index in [0.29, 0.717) is 12.8 Å². The number of carbonyl (C=O) groups excluding carboxylic acids is 1. The Bertz CT molecular complexity index is 1830. The van der Waals surface area contributed by atoms with Gasteiger partial charge in [-0.15, -0.1) is 0 Å². The first-order valence-electron chi connectivity index (χ1n) is 37.7. The molecule has 0 saturated carbocycles. The Hall–Kier alpha value is -1.99. The van der Waals surface area contributed by atoms with Gasteiger partial charge in [0.05, 0.1) is 38.6 Å². The number of aliphatic hydroxyl groups excluding tert-OH is 11. The summed E-state index contributed by atoms with van der Waals surface area (Å²) in [6.07, 6.45) is 41.1. The van der Waals surface area contributed by atoms with Gasteiger partial charge < -0.3 is 89.9 Å². The predicted molar refractivity (Wildman–Crippen MR) is 365 cm³/mol. The van der Waals surface area contributed by atoms with Crippen molar-refractivity contribution in [2.24, 2.45) is 0 Å². The first-order valence-corrected chi connectivity index (χ1v) is 37.7. The van der Waals surface area contributed by atoms with E-state index in [-0.39, 0.29) is 18.9 Å². The van der Waals surface area contributed by atoms with Crippen molar-refractivity contribution in [2.75, 3.05) is 26.4 Å². The number of nitrogens with one attached hydrogen (secondary N) is 1. The summed E-state index contributed by atoms with van der Waals surface area (Å²) in [5.74, 6) is -0.286. The maximum atomic E-state index is 13.3. The lowest BCUT2D eigenvalue weighted by atomic mass is 9.96. The molecule has 0 radical (unpaired) electrons. The Balaban J connectivity index is 1.21. The van der Waals surface area contributed by atoms with Crippen LogP contribution in [0.4, 0.5) is 0 Å². The Morgan fingerprint density at radius 2 is 0.710 bits per heavy atom. The molecular weight excluding hydrogens is 1190 g/mol. The van der Waals surface area contributed by atoms with E-state index in [9.17, 15) is 61.0 Å². The molecule has 17 atom stereocenters. The third-order valence-corrected chi connectivity index (χ3v) is 18.9. The van der Waals surface area contributed by atoms with Crippen LogP contribution >= 0.6 is 0 Å². The zero-order valence-corrected chi connectivity index (χ0v) is 58.0. The lowest BCUT2D eigenvalue weighted by molar-refractivity contribution is -0.379. The molecule has 3 aliphatic heterocycles. The highest BCUT2D eigenvalue weighted by Gasteiger charge is 2.53. The Kier molecular flexibility index (Phi) is 51.2. The molecule has 0 aliphatic carbocycles. The van der Waals surface area contributed by atoms with Crippen molar-refractivity contribution < 1.29 is 89.4 Å². The van der Waals surface area contributed by atoms with Crippen molar-refractivity contribution >= 4 is 5.91 Å². The molecule has 12 N–H and O–H groups in total. The fourth-order valence-electron chi connectivity index (χ4n) is 12.8. The number of hydrogen-bond donors (Lipinski definition) is 12. The molecular formula is C74H137NO18. The lowest BCUT2D eigenvalue weighted by Gasteiger charge is -2.48. The first-order chi connectivity index (χ1) is 45.3. The van der Waals surface area contributed by atoms with Crippen molar-refractivity contribution in [1.82, 2.24) is 5.32 Å². The minimum Gasteiger partial charge on any atom is -0.394 e. The normalized spacial score (nSPS) is 27.7. The van der Waals surface area contributed by atoms with Gasteiger partial charge in [-0.2, -0.15) is 0 Å². The lowest BCUT2D eigenvalue weighted by Crippen LogP contribution is -2.66. The molecule has 0 aromatic rings. The zero-order chi connectivity index (χ0) is 67.5. The Morgan fingerprint density at radius 3 is 1.12 bits per heavy atom. The summed E-state index contributed by atoms with van der Waals surface area (Å²) in [5, 5.41) is 120. The average Bonchev–Trinajstić information content (AvgIpc) is 0.849. The Morgan fingerprint density at radius 1 is 0.376 bits per heavy atom. The molecule has 3 heterocycles. The molecule has 3 saturated heterocycles. The van der Waals surface area contributed by atoms with E-state index in [1.807, 2.05) is 6.08 Å². The fraction of sp³-hybridized carbons (Fsp3) is 0.905. The van der Waals surface area contributed by atoms with Gasteiger partial charge in [0, 0.05) is 6.42 Å². The molecule has 3 fully saturated rings. The van der Waals surface area contributed by atoms with Crippen molar-refractivity contribution in [3.63, 3.8) is 0 Å². The van der Waals surface area contributed by atoms with Gasteiger partial charge in [0.25, 0.3) is 0 Å². The number of hydrogen-bond acceptors (Lipinski definition) is 18. The van der Waals surface area contributed by atoms with Crippen molar-refractivity contribution in [3.8, 4) is 0 Å². The summed E-state index contributed by atoms with van der Waals surface area (Å²) in [7, 11) is 0. The number of rotatable bonds is 59. The minimum absolute atomic E-state index is 0.238. The van der Waals surface area contributed by atoms with Crippen LogP contribution in [0.3, 0.4) is 0 Å². The van der Waals surface area contributed by atoms with E-state index in [4.69, 9.17) is 28.4 Å². The minimum atomic E-state index is -1.98. The highest BCUT2D eigenvalue weighted by molar-refractivity contribution is 5.76. The van der Waals surface area contributed by atoms with E-state index in [0.717, 1.165) is 38.5 Å². The fourth-order valence-corrected chi connectivity index (χ4v) is 12.8. The molecule has 546 valence electrons. The summed E-state index contributed by atoms with van der Waals surface area (Å²) in [5.41, 5.74) is 0. The summed E-state index contributed by atoms with van der Waals surface area (Å²) in [6, 6.07) is -0.985. The Labute approximate surface area is 561 Å². The molecule has 3 aliphatic rings. The molecule has 19 heteroatoms. The number of unbranched alkanes of at least 4 members (excludes halogenated alkanes) is 39. The highest BCUT2D eigenvalue weighted by Crippen LogP contribution is 2.33. The number of aliphatic hydroxyl groups is 11. The number of ether oxygens (including phenoxy) is 6. The molecule has 0 aromatic carbocycles. The summed E-state index contributed by atoms with van der Waals surface area (Å²) < 4.78 is 34.2. The number of allylic oxidation sites excluding steroid dienone is 5. The van der Waals surface area contributed by atoms with Crippen molar-refractivity contribution in [1.29, 1.82) is 0 Å². The van der Waals surface area contributed by atoms with Gasteiger partial charge in [-0.3, -0.25) is 4.79 Å².